The first-order valence-corrected chi connectivity index (χ1v) is 5.69. The maximum Gasteiger partial charge on any atom is 0.284 e. The van der Waals surface area contributed by atoms with Crippen LogP contribution in [0, 0.1) is 0 Å². The summed E-state index contributed by atoms with van der Waals surface area (Å²) in [4.78, 5) is 24.1. The van der Waals surface area contributed by atoms with Crippen LogP contribution < -0.4 is 5.32 Å². The van der Waals surface area contributed by atoms with E-state index in [9.17, 15) is 9.59 Å². The molecule has 0 spiro atoms. The molecule has 1 aromatic rings. The fourth-order valence-electron chi connectivity index (χ4n) is 0.951. The lowest BCUT2D eigenvalue weighted by Gasteiger charge is -2.14. The zero-order valence-electron chi connectivity index (χ0n) is 8.86. The predicted molar refractivity (Wildman–Crippen MR) is 60.6 cm³/mol. The highest BCUT2D eigenvalue weighted by Gasteiger charge is 2.17. The smallest absolute Gasteiger partial charge is 0.284 e. The molecule has 16 heavy (non-hydrogen) atoms. The highest BCUT2D eigenvalue weighted by atomic mass is 35.5. The SMILES string of the molecule is CNC(=O)CCN(C)C(=O)c1nnc(Cl)s1. The Morgan fingerprint density at radius 1 is 1.50 bits per heavy atom. The summed E-state index contributed by atoms with van der Waals surface area (Å²) < 4.78 is 0.225. The molecule has 0 saturated heterocycles. The Morgan fingerprint density at radius 3 is 2.69 bits per heavy atom. The van der Waals surface area contributed by atoms with Crippen LogP contribution in [0.15, 0.2) is 0 Å². The monoisotopic (exact) mass is 262 g/mol. The van der Waals surface area contributed by atoms with E-state index >= 15 is 0 Å². The number of carbonyl (C=O) groups excluding carboxylic acids is 2. The van der Waals surface area contributed by atoms with Crippen molar-refractivity contribution in [3.05, 3.63) is 9.47 Å². The molecule has 0 fully saturated rings. The van der Waals surface area contributed by atoms with Crippen LogP contribution in [-0.4, -0.2) is 47.6 Å². The molecule has 0 aliphatic rings. The van der Waals surface area contributed by atoms with Crippen molar-refractivity contribution in [3.63, 3.8) is 0 Å². The van der Waals surface area contributed by atoms with Gasteiger partial charge in [0.15, 0.2) is 0 Å². The zero-order valence-corrected chi connectivity index (χ0v) is 10.4. The van der Waals surface area contributed by atoms with Gasteiger partial charge in [-0.15, -0.1) is 10.2 Å². The van der Waals surface area contributed by atoms with Crippen molar-refractivity contribution >= 4 is 34.8 Å². The first-order chi connectivity index (χ1) is 7.54. The van der Waals surface area contributed by atoms with Gasteiger partial charge in [0.25, 0.3) is 5.91 Å². The third kappa shape index (κ3) is 3.42. The van der Waals surface area contributed by atoms with Gasteiger partial charge in [0.05, 0.1) is 0 Å². The average Bonchev–Trinajstić information content (AvgIpc) is 2.71. The third-order valence-corrected chi connectivity index (χ3v) is 2.89. The Morgan fingerprint density at radius 2 is 2.19 bits per heavy atom. The molecule has 88 valence electrons. The van der Waals surface area contributed by atoms with E-state index in [1.165, 1.54) is 4.90 Å². The number of nitrogens with one attached hydrogen (secondary N) is 1. The number of halogens is 1. The van der Waals surface area contributed by atoms with Gasteiger partial charge in [-0.25, -0.2) is 0 Å². The summed E-state index contributed by atoms with van der Waals surface area (Å²) in [5, 5.41) is 9.87. The van der Waals surface area contributed by atoms with Gasteiger partial charge in [-0.05, 0) is 11.6 Å². The van der Waals surface area contributed by atoms with E-state index in [1.54, 1.807) is 14.1 Å². The van der Waals surface area contributed by atoms with E-state index in [0.29, 0.717) is 6.54 Å². The highest BCUT2D eigenvalue weighted by Crippen LogP contribution is 2.16. The van der Waals surface area contributed by atoms with E-state index in [1.807, 2.05) is 0 Å². The van der Waals surface area contributed by atoms with Crippen molar-refractivity contribution in [3.8, 4) is 0 Å². The van der Waals surface area contributed by atoms with Crippen molar-refractivity contribution in [2.75, 3.05) is 20.6 Å². The summed E-state index contributed by atoms with van der Waals surface area (Å²) in [6.07, 6.45) is 0.255. The number of rotatable bonds is 4. The van der Waals surface area contributed by atoms with Crippen LogP contribution in [0.25, 0.3) is 0 Å². The number of hydrogen-bond acceptors (Lipinski definition) is 5. The molecule has 0 saturated carbocycles. The molecule has 0 bridgehead atoms. The molecule has 0 unspecified atom stereocenters. The van der Waals surface area contributed by atoms with Crippen LogP contribution in [0.4, 0.5) is 0 Å². The quantitative estimate of drug-likeness (QED) is 0.852. The normalized spacial score (nSPS) is 9.94. The molecule has 0 aliphatic heterocycles. The van der Waals surface area contributed by atoms with Crippen molar-refractivity contribution < 1.29 is 9.59 Å². The lowest BCUT2D eigenvalue weighted by atomic mass is 10.3. The summed E-state index contributed by atoms with van der Waals surface area (Å²) in [5.41, 5.74) is 0. The Kier molecular flexibility index (Phi) is 4.63. The Hall–Kier alpha value is -1.21. The minimum atomic E-state index is -0.284. The van der Waals surface area contributed by atoms with Gasteiger partial charge in [-0.2, -0.15) is 0 Å². The van der Waals surface area contributed by atoms with E-state index in [0.717, 1.165) is 11.3 Å². The standard InChI is InChI=1S/C8H11ClN4O2S/c1-10-5(14)3-4-13(2)7(15)6-11-12-8(9)16-6/h3-4H2,1-2H3,(H,10,14). The van der Waals surface area contributed by atoms with Gasteiger partial charge in [0.1, 0.15) is 0 Å². The molecule has 1 N–H and O–H groups in total. The van der Waals surface area contributed by atoms with Gasteiger partial charge >= 0.3 is 0 Å². The first-order valence-electron chi connectivity index (χ1n) is 4.49. The molecule has 0 aromatic carbocycles. The summed E-state index contributed by atoms with van der Waals surface area (Å²) in [6.45, 7) is 0.329. The van der Waals surface area contributed by atoms with Gasteiger partial charge in [-0.1, -0.05) is 11.3 Å². The summed E-state index contributed by atoms with van der Waals surface area (Å²) >= 11 is 6.58. The van der Waals surface area contributed by atoms with Gasteiger partial charge in [-0.3, -0.25) is 9.59 Å². The second-order valence-corrected chi connectivity index (χ2v) is 4.57. The summed E-state index contributed by atoms with van der Waals surface area (Å²) in [6, 6.07) is 0. The molecular formula is C8H11ClN4O2S. The molecule has 0 aliphatic carbocycles. The molecule has 0 radical (unpaired) electrons. The predicted octanol–water partition coefficient (Wildman–Crippen LogP) is 0.400. The second kappa shape index (κ2) is 5.76. The van der Waals surface area contributed by atoms with Crippen LogP contribution in [-0.2, 0) is 4.79 Å². The van der Waals surface area contributed by atoms with Crippen molar-refractivity contribution in [1.29, 1.82) is 0 Å². The molecule has 1 rings (SSSR count). The maximum atomic E-state index is 11.7. The largest absolute Gasteiger partial charge is 0.359 e. The minimum absolute atomic E-state index is 0.116. The molecule has 1 aromatic heterocycles. The minimum Gasteiger partial charge on any atom is -0.359 e. The summed E-state index contributed by atoms with van der Waals surface area (Å²) in [7, 11) is 3.15. The zero-order chi connectivity index (χ0) is 12.1. The second-order valence-electron chi connectivity index (χ2n) is 3.01. The topological polar surface area (TPSA) is 75.2 Å². The lowest BCUT2D eigenvalue weighted by Crippen LogP contribution is -2.31. The number of carbonyl (C=O) groups is 2. The van der Waals surface area contributed by atoms with Crippen LogP contribution in [0.3, 0.4) is 0 Å². The van der Waals surface area contributed by atoms with E-state index in [-0.39, 0.29) is 27.7 Å². The first kappa shape index (κ1) is 12.9. The number of hydrogen-bond donors (Lipinski definition) is 1. The number of nitrogens with zero attached hydrogens (tertiary/aromatic N) is 3. The van der Waals surface area contributed by atoms with Crippen molar-refractivity contribution in [2.45, 2.75) is 6.42 Å². The Balaban J connectivity index is 2.51. The van der Waals surface area contributed by atoms with Gasteiger partial charge in [0, 0.05) is 27.1 Å². The average molecular weight is 263 g/mol. The lowest BCUT2D eigenvalue weighted by molar-refractivity contribution is -0.120. The van der Waals surface area contributed by atoms with Crippen LogP contribution in [0.5, 0.6) is 0 Å². The summed E-state index contributed by atoms with van der Waals surface area (Å²) in [5.74, 6) is -0.400. The van der Waals surface area contributed by atoms with Crippen molar-refractivity contribution in [2.24, 2.45) is 0 Å². The number of amides is 2. The maximum absolute atomic E-state index is 11.7. The molecule has 2 amide bonds. The Bertz CT molecular complexity index is 395. The molecular weight excluding hydrogens is 252 g/mol. The number of aromatic nitrogens is 2. The molecule has 6 nitrogen and oxygen atoms in total. The fourth-order valence-corrected chi connectivity index (χ4v) is 1.77. The van der Waals surface area contributed by atoms with Gasteiger partial charge < -0.3 is 10.2 Å². The van der Waals surface area contributed by atoms with E-state index < -0.39 is 0 Å². The Labute approximate surface area is 102 Å². The van der Waals surface area contributed by atoms with Gasteiger partial charge in [0.2, 0.25) is 15.4 Å². The van der Waals surface area contributed by atoms with Crippen molar-refractivity contribution in [1.82, 2.24) is 20.4 Å². The van der Waals surface area contributed by atoms with E-state index in [2.05, 4.69) is 15.5 Å². The van der Waals surface area contributed by atoms with Crippen LogP contribution in [0.2, 0.25) is 4.47 Å². The molecule has 8 heteroatoms. The van der Waals surface area contributed by atoms with Crippen LogP contribution in [0.1, 0.15) is 16.2 Å². The molecule has 0 atom stereocenters. The fraction of sp³-hybridized carbons (Fsp3) is 0.500. The van der Waals surface area contributed by atoms with Crippen LogP contribution >= 0.6 is 22.9 Å². The highest BCUT2D eigenvalue weighted by molar-refractivity contribution is 7.17. The van der Waals surface area contributed by atoms with E-state index in [4.69, 9.17) is 11.6 Å². The third-order valence-electron chi connectivity index (χ3n) is 1.88. The molecule has 1 heterocycles.